The van der Waals surface area contributed by atoms with E-state index in [4.69, 9.17) is 9.47 Å². The van der Waals surface area contributed by atoms with E-state index in [1.165, 1.54) is 24.3 Å². The lowest BCUT2D eigenvalue weighted by Crippen LogP contribution is -2.37. The number of hydrogen-bond donors (Lipinski definition) is 1. The van der Waals surface area contributed by atoms with Crippen LogP contribution >= 0.6 is 0 Å². The van der Waals surface area contributed by atoms with Gasteiger partial charge in [0.05, 0.1) is 24.3 Å². The molecule has 0 saturated carbocycles. The maximum atomic E-state index is 13.0. The Bertz CT molecular complexity index is 1070. The Morgan fingerprint density at radius 2 is 1.47 bits per heavy atom. The molecule has 1 N–H and O–H groups in total. The fourth-order valence-corrected chi connectivity index (χ4v) is 3.10. The zero-order chi connectivity index (χ0) is 24.3. The van der Waals surface area contributed by atoms with Crippen LogP contribution in [0.1, 0.15) is 11.1 Å². The number of nitrogens with zero attached hydrogens (tertiary/aromatic N) is 4. The Hall–Kier alpha value is -3.61. The molecule has 0 atom stereocenters. The summed E-state index contributed by atoms with van der Waals surface area (Å²) in [5.74, 6) is -0.175. The van der Waals surface area contributed by atoms with Crippen LogP contribution in [0.5, 0.6) is 11.8 Å². The summed E-state index contributed by atoms with van der Waals surface area (Å²) in [6, 6.07) is 8.22. The summed E-state index contributed by atoms with van der Waals surface area (Å²) in [5, 5.41) is 2.68. The smallest absolute Gasteiger partial charge is 0.416 e. The Morgan fingerprint density at radius 1 is 0.824 bits per heavy atom. The number of hydrogen-bond acceptors (Lipinski definition) is 7. The largest absolute Gasteiger partial charge is 0.424 e. The predicted octanol–water partition coefficient (Wildman–Crippen LogP) is 5.28. The van der Waals surface area contributed by atoms with Gasteiger partial charge in [-0.2, -0.15) is 41.3 Å². The molecule has 2 heterocycles. The van der Waals surface area contributed by atoms with E-state index in [2.05, 4.69) is 20.3 Å². The Labute approximate surface area is 189 Å². The van der Waals surface area contributed by atoms with Gasteiger partial charge in [0.2, 0.25) is 11.9 Å². The number of rotatable bonds is 5. The number of aromatic nitrogens is 3. The minimum atomic E-state index is -4.58. The molecule has 2 aromatic carbocycles. The molecule has 0 bridgehead atoms. The van der Waals surface area contributed by atoms with E-state index < -0.39 is 23.5 Å². The van der Waals surface area contributed by atoms with Crippen LogP contribution in [0, 0.1) is 0 Å². The molecule has 180 valence electrons. The molecule has 1 fully saturated rings. The number of ether oxygens (including phenoxy) is 2. The van der Waals surface area contributed by atoms with E-state index in [1.807, 2.05) is 0 Å². The van der Waals surface area contributed by atoms with Crippen LogP contribution in [-0.2, 0) is 17.1 Å². The van der Waals surface area contributed by atoms with Crippen molar-refractivity contribution in [2.24, 2.45) is 0 Å². The molecule has 1 aromatic heterocycles. The summed E-state index contributed by atoms with van der Waals surface area (Å²) in [6.07, 6.45) is -9.12. The maximum Gasteiger partial charge on any atom is 0.416 e. The molecule has 7 nitrogen and oxygen atoms in total. The minimum absolute atomic E-state index is 0.0546. The molecule has 0 radical (unpaired) electrons. The summed E-state index contributed by atoms with van der Waals surface area (Å²) >= 11 is 0. The van der Waals surface area contributed by atoms with E-state index in [0.29, 0.717) is 26.3 Å². The van der Waals surface area contributed by atoms with Gasteiger partial charge >= 0.3 is 18.4 Å². The van der Waals surface area contributed by atoms with Crippen LogP contribution in [0.3, 0.4) is 0 Å². The molecular formula is C21H17F6N5O2. The normalized spacial score (nSPS) is 14.7. The van der Waals surface area contributed by atoms with Gasteiger partial charge in [-0.25, -0.2) is 0 Å². The average molecular weight is 485 g/mol. The maximum absolute atomic E-state index is 13.0. The Kier molecular flexibility index (Phi) is 6.46. The summed E-state index contributed by atoms with van der Waals surface area (Å²) in [4.78, 5) is 14.2. The van der Waals surface area contributed by atoms with Crippen molar-refractivity contribution in [3.05, 3.63) is 59.7 Å². The molecule has 3 aromatic rings. The van der Waals surface area contributed by atoms with Crippen LogP contribution in [0.15, 0.2) is 48.5 Å². The Morgan fingerprint density at radius 3 is 2.15 bits per heavy atom. The van der Waals surface area contributed by atoms with Crippen LogP contribution in [-0.4, -0.2) is 41.3 Å². The van der Waals surface area contributed by atoms with Crippen molar-refractivity contribution in [2.75, 3.05) is 36.5 Å². The first kappa shape index (κ1) is 23.5. The molecule has 0 amide bonds. The van der Waals surface area contributed by atoms with Crippen molar-refractivity contribution < 1.29 is 35.8 Å². The van der Waals surface area contributed by atoms with E-state index in [9.17, 15) is 26.3 Å². The van der Waals surface area contributed by atoms with Gasteiger partial charge < -0.3 is 19.7 Å². The predicted molar refractivity (Wildman–Crippen MR) is 109 cm³/mol. The number of alkyl halides is 6. The molecule has 0 unspecified atom stereocenters. The molecule has 4 rings (SSSR count). The highest BCUT2D eigenvalue weighted by molar-refractivity contribution is 5.56. The third kappa shape index (κ3) is 5.84. The van der Waals surface area contributed by atoms with Crippen LogP contribution in [0.2, 0.25) is 0 Å². The molecule has 0 spiro atoms. The second-order valence-corrected chi connectivity index (χ2v) is 7.17. The zero-order valence-electron chi connectivity index (χ0n) is 17.3. The highest BCUT2D eigenvalue weighted by atomic mass is 19.4. The van der Waals surface area contributed by atoms with E-state index in [1.54, 1.807) is 4.90 Å². The van der Waals surface area contributed by atoms with Gasteiger partial charge in [-0.3, -0.25) is 0 Å². The van der Waals surface area contributed by atoms with Crippen molar-refractivity contribution in [2.45, 2.75) is 12.4 Å². The number of benzene rings is 2. The first-order valence-corrected chi connectivity index (χ1v) is 9.96. The minimum Gasteiger partial charge on any atom is -0.424 e. The molecular weight excluding hydrogens is 468 g/mol. The van der Waals surface area contributed by atoms with Crippen LogP contribution < -0.4 is 15.0 Å². The van der Waals surface area contributed by atoms with E-state index in [-0.39, 0.29) is 29.3 Å². The summed E-state index contributed by atoms with van der Waals surface area (Å²) in [6.45, 7) is 1.64. The first-order chi connectivity index (χ1) is 16.1. The van der Waals surface area contributed by atoms with Gasteiger partial charge in [-0.1, -0.05) is 12.1 Å². The fourth-order valence-electron chi connectivity index (χ4n) is 3.10. The summed E-state index contributed by atoms with van der Waals surface area (Å²) in [7, 11) is 0. The van der Waals surface area contributed by atoms with Gasteiger partial charge in [0.15, 0.2) is 0 Å². The average Bonchev–Trinajstić information content (AvgIpc) is 2.79. The fraction of sp³-hybridized carbons (Fsp3) is 0.286. The Balaban J connectivity index is 1.66. The quantitative estimate of drug-likeness (QED) is 0.493. The second kappa shape index (κ2) is 9.33. The van der Waals surface area contributed by atoms with Gasteiger partial charge in [-0.05, 0) is 36.4 Å². The van der Waals surface area contributed by atoms with Crippen LogP contribution in [0.25, 0.3) is 0 Å². The van der Waals surface area contributed by atoms with Crippen LogP contribution in [0.4, 0.5) is 43.9 Å². The highest BCUT2D eigenvalue weighted by Gasteiger charge is 2.31. The van der Waals surface area contributed by atoms with Crippen molar-refractivity contribution in [1.82, 2.24) is 15.0 Å². The molecule has 34 heavy (non-hydrogen) atoms. The van der Waals surface area contributed by atoms with Crippen molar-refractivity contribution >= 4 is 17.6 Å². The van der Waals surface area contributed by atoms with Gasteiger partial charge in [-0.15, -0.1) is 0 Å². The monoisotopic (exact) mass is 485 g/mol. The van der Waals surface area contributed by atoms with Crippen molar-refractivity contribution in [3.63, 3.8) is 0 Å². The molecule has 13 heteroatoms. The summed E-state index contributed by atoms with van der Waals surface area (Å²) < 4.78 is 89.0. The third-order valence-corrected chi connectivity index (χ3v) is 4.71. The highest BCUT2D eigenvalue weighted by Crippen LogP contribution is 2.33. The molecule has 1 saturated heterocycles. The first-order valence-electron chi connectivity index (χ1n) is 9.96. The molecule has 1 aliphatic heterocycles. The second-order valence-electron chi connectivity index (χ2n) is 7.17. The third-order valence-electron chi connectivity index (χ3n) is 4.71. The standard InChI is InChI=1S/C21H17F6N5O2/c22-20(23,24)13-3-1-5-15(11-13)28-17-29-18(32-7-9-33-10-8-32)31-19(30-17)34-16-6-2-4-14(12-16)21(25,26)27/h1-6,11-12H,7-10H2,(H,28,29,30,31). The van der Waals surface area contributed by atoms with Crippen molar-refractivity contribution in [1.29, 1.82) is 0 Å². The molecule has 1 aliphatic rings. The number of halogens is 6. The number of anilines is 3. The van der Waals surface area contributed by atoms with Crippen molar-refractivity contribution in [3.8, 4) is 11.8 Å². The van der Waals surface area contributed by atoms with Gasteiger partial charge in [0.1, 0.15) is 5.75 Å². The lowest BCUT2D eigenvalue weighted by atomic mass is 10.2. The number of nitrogens with one attached hydrogen (secondary N) is 1. The topological polar surface area (TPSA) is 72.4 Å². The van der Waals surface area contributed by atoms with Gasteiger partial charge in [0.25, 0.3) is 0 Å². The lowest BCUT2D eigenvalue weighted by molar-refractivity contribution is -0.138. The van der Waals surface area contributed by atoms with E-state index in [0.717, 1.165) is 24.3 Å². The summed E-state index contributed by atoms with van der Waals surface area (Å²) in [5.41, 5.74) is -1.74. The molecule has 0 aliphatic carbocycles. The van der Waals surface area contributed by atoms with E-state index >= 15 is 0 Å². The van der Waals surface area contributed by atoms with Gasteiger partial charge in [0, 0.05) is 18.8 Å². The SMILES string of the molecule is FC(F)(F)c1cccc(Nc2nc(Oc3cccc(C(F)(F)F)c3)nc(N3CCOCC3)n2)c1. The lowest BCUT2D eigenvalue weighted by Gasteiger charge is -2.27. The number of morpholine rings is 1. The zero-order valence-corrected chi connectivity index (χ0v) is 17.3.